The number of hydrogen-bond acceptors (Lipinski definition) is 4. The van der Waals surface area contributed by atoms with Crippen LogP contribution in [-0.4, -0.2) is 31.8 Å². The first-order chi connectivity index (χ1) is 14.0. The van der Waals surface area contributed by atoms with Gasteiger partial charge in [0.1, 0.15) is 11.5 Å². The number of rotatable bonds is 5. The van der Waals surface area contributed by atoms with E-state index in [0.29, 0.717) is 13.1 Å². The summed E-state index contributed by atoms with van der Waals surface area (Å²) in [6, 6.07) is 17.9. The topological polar surface area (TPSA) is 63.7 Å². The average Bonchev–Trinajstić information content (AvgIpc) is 3.28. The van der Waals surface area contributed by atoms with Gasteiger partial charge in [-0.1, -0.05) is 54.1 Å². The normalized spacial score (nSPS) is 14.9. The summed E-state index contributed by atoms with van der Waals surface area (Å²) in [5.41, 5.74) is 1.04. The number of fused-ring (bicyclic) bond motifs is 1. The number of esters is 1. The Hall–Kier alpha value is -2.41. The van der Waals surface area contributed by atoms with Crippen molar-refractivity contribution >= 4 is 38.4 Å². The first kappa shape index (κ1) is 19.9. The molecule has 7 heteroatoms. The number of carbonyl (C=O) groups is 1. The Morgan fingerprint density at radius 3 is 2.52 bits per heavy atom. The molecule has 1 saturated heterocycles. The van der Waals surface area contributed by atoms with Gasteiger partial charge in [0.2, 0.25) is 10.0 Å². The van der Waals surface area contributed by atoms with Gasteiger partial charge in [0.15, 0.2) is 0 Å². The molecule has 0 atom stereocenters. The number of nitrogens with zero attached hydrogens (tertiary/aromatic N) is 1. The highest BCUT2D eigenvalue weighted by molar-refractivity contribution is 7.89. The molecular formula is C22H20ClNO4S. The monoisotopic (exact) mass is 429 g/mol. The van der Waals surface area contributed by atoms with E-state index in [1.54, 1.807) is 0 Å². The molecule has 0 amide bonds. The van der Waals surface area contributed by atoms with Crippen molar-refractivity contribution in [2.24, 2.45) is 0 Å². The van der Waals surface area contributed by atoms with E-state index in [0.717, 1.165) is 29.2 Å². The highest BCUT2D eigenvalue weighted by Gasteiger charge is 2.30. The zero-order chi connectivity index (χ0) is 20.4. The first-order valence-electron chi connectivity index (χ1n) is 9.40. The highest BCUT2D eigenvalue weighted by atomic mass is 35.5. The van der Waals surface area contributed by atoms with Crippen LogP contribution in [0.5, 0.6) is 0 Å². The molecule has 4 rings (SSSR count). The van der Waals surface area contributed by atoms with E-state index in [1.807, 2.05) is 42.5 Å². The Morgan fingerprint density at radius 2 is 1.72 bits per heavy atom. The third-order valence-electron chi connectivity index (χ3n) is 5.09. The van der Waals surface area contributed by atoms with Crippen molar-refractivity contribution < 1.29 is 17.9 Å². The standard InChI is InChI=1S/C22H20ClNO4S/c23-20-11-10-17(14-21(20)29(26,27)24-12-3-4-13-24)22(25)28-15-18-8-5-7-16-6-1-2-9-19(16)18/h1-2,5-11,14H,3-4,12-13,15H2. The van der Waals surface area contributed by atoms with E-state index < -0.39 is 16.0 Å². The van der Waals surface area contributed by atoms with Crippen LogP contribution < -0.4 is 0 Å². The van der Waals surface area contributed by atoms with Gasteiger partial charge in [0.05, 0.1) is 10.6 Å². The molecule has 0 bridgehead atoms. The predicted molar refractivity (Wildman–Crippen MR) is 113 cm³/mol. The lowest BCUT2D eigenvalue weighted by Gasteiger charge is -2.17. The van der Waals surface area contributed by atoms with Crippen molar-refractivity contribution in [3.05, 3.63) is 76.8 Å². The molecule has 0 aliphatic carbocycles. The maximum Gasteiger partial charge on any atom is 0.338 e. The molecule has 0 radical (unpaired) electrons. The van der Waals surface area contributed by atoms with Crippen molar-refractivity contribution in [2.45, 2.75) is 24.3 Å². The van der Waals surface area contributed by atoms with Gasteiger partial charge >= 0.3 is 5.97 Å². The minimum Gasteiger partial charge on any atom is -0.457 e. The van der Waals surface area contributed by atoms with Crippen LogP contribution in [0.15, 0.2) is 65.6 Å². The summed E-state index contributed by atoms with van der Waals surface area (Å²) >= 11 is 6.14. The van der Waals surface area contributed by atoms with Gasteiger partial charge in [-0.3, -0.25) is 0 Å². The van der Waals surface area contributed by atoms with E-state index >= 15 is 0 Å². The molecule has 0 aromatic heterocycles. The van der Waals surface area contributed by atoms with Crippen LogP contribution in [0, 0.1) is 0 Å². The van der Waals surface area contributed by atoms with Gasteiger partial charge in [0.25, 0.3) is 0 Å². The summed E-state index contributed by atoms with van der Waals surface area (Å²) in [4.78, 5) is 12.5. The van der Waals surface area contributed by atoms with E-state index in [9.17, 15) is 13.2 Å². The summed E-state index contributed by atoms with van der Waals surface area (Å²) in [7, 11) is -3.73. The SMILES string of the molecule is O=C(OCc1cccc2ccccc12)c1ccc(Cl)c(S(=O)(=O)N2CCCC2)c1. The van der Waals surface area contributed by atoms with Crippen LogP contribution in [-0.2, 0) is 21.4 Å². The predicted octanol–water partition coefficient (Wildman–Crippen LogP) is 4.63. The van der Waals surface area contributed by atoms with E-state index in [4.69, 9.17) is 16.3 Å². The summed E-state index contributed by atoms with van der Waals surface area (Å²) in [6.07, 6.45) is 1.65. The van der Waals surface area contributed by atoms with E-state index in [1.165, 1.54) is 22.5 Å². The maximum atomic E-state index is 12.8. The molecule has 3 aromatic carbocycles. The van der Waals surface area contributed by atoms with Gasteiger partial charge in [0, 0.05) is 13.1 Å². The van der Waals surface area contributed by atoms with Crippen LogP contribution in [0.4, 0.5) is 0 Å². The fraction of sp³-hybridized carbons (Fsp3) is 0.227. The van der Waals surface area contributed by atoms with Crippen molar-refractivity contribution in [2.75, 3.05) is 13.1 Å². The minimum absolute atomic E-state index is 0.0549. The summed E-state index contributed by atoms with van der Waals surface area (Å²) in [5, 5.41) is 2.17. The Balaban J connectivity index is 1.56. The van der Waals surface area contributed by atoms with Gasteiger partial charge in [-0.25, -0.2) is 13.2 Å². The number of carbonyl (C=O) groups excluding carboxylic acids is 1. The molecule has 1 aliphatic heterocycles. The zero-order valence-electron chi connectivity index (χ0n) is 15.7. The second-order valence-corrected chi connectivity index (χ2v) is 9.28. The molecule has 3 aromatic rings. The molecule has 0 unspecified atom stereocenters. The van der Waals surface area contributed by atoms with Crippen molar-refractivity contribution in [1.29, 1.82) is 0 Å². The van der Waals surface area contributed by atoms with Crippen molar-refractivity contribution in [1.82, 2.24) is 4.31 Å². The Morgan fingerprint density at radius 1 is 1.00 bits per heavy atom. The lowest BCUT2D eigenvalue weighted by atomic mass is 10.1. The van der Waals surface area contributed by atoms with Crippen LogP contribution in [0.25, 0.3) is 10.8 Å². The van der Waals surface area contributed by atoms with Gasteiger partial charge in [-0.05, 0) is 47.4 Å². The van der Waals surface area contributed by atoms with Crippen LogP contribution in [0.3, 0.4) is 0 Å². The molecule has 29 heavy (non-hydrogen) atoms. The third kappa shape index (κ3) is 4.01. The molecule has 1 heterocycles. The molecule has 1 fully saturated rings. The molecule has 150 valence electrons. The minimum atomic E-state index is -3.73. The van der Waals surface area contributed by atoms with E-state index in [2.05, 4.69) is 0 Å². The fourth-order valence-corrected chi connectivity index (χ4v) is 5.56. The molecule has 1 aliphatic rings. The molecule has 0 spiro atoms. The Bertz CT molecular complexity index is 1170. The van der Waals surface area contributed by atoms with Crippen LogP contribution >= 0.6 is 11.6 Å². The number of ether oxygens (including phenoxy) is 1. The third-order valence-corrected chi connectivity index (χ3v) is 7.47. The fourth-order valence-electron chi connectivity index (χ4n) is 3.54. The van der Waals surface area contributed by atoms with Gasteiger partial charge < -0.3 is 4.74 Å². The number of sulfonamides is 1. The number of halogens is 1. The average molecular weight is 430 g/mol. The Kier molecular flexibility index (Phi) is 5.58. The zero-order valence-corrected chi connectivity index (χ0v) is 17.2. The summed E-state index contributed by atoms with van der Waals surface area (Å²) in [6.45, 7) is 1.03. The summed E-state index contributed by atoms with van der Waals surface area (Å²) in [5.74, 6) is -0.590. The number of hydrogen-bond donors (Lipinski definition) is 0. The van der Waals surface area contributed by atoms with Crippen molar-refractivity contribution in [3.8, 4) is 0 Å². The van der Waals surface area contributed by atoms with Crippen molar-refractivity contribution in [3.63, 3.8) is 0 Å². The second-order valence-electron chi connectivity index (χ2n) is 6.97. The van der Waals surface area contributed by atoms with Gasteiger partial charge in [-0.15, -0.1) is 0 Å². The molecule has 0 saturated carbocycles. The molecule has 5 nitrogen and oxygen atoms in total. The van der Waals surface area contributed by atoms with E-state index in [-0.39, 0.29) is 22.1 Å². The van der Waals surface area contributed by atoms with Gasteiger partial charge in [-0.2, -0.15) is 4.31 Å². The Labute approximate surface area is 174 Å². The van der Waals surface area contributed by atoms with Crippen LogP contribution in [0.2, 0.25) is 5.02 Å². The number of benzene rings is 3. The smallest absolute Gasteiger partial charge is 0.338 e. The highest BCUT2D eigenvalue weighted by Crippen LogP contribution is 2.28. The quantitative estimate of drug-likeness (QED) is 0.554. The molecular weight excluding hydrogens is 410 g/mol. The molecule has 0 N–H and O–H groups in total. The first-order valence-corrected chi connectivity index (χ1v) is 11.2. The largest absolute Gasteiger partial charge is 0.457 e. The lowest BCUT2D eigenvalue weighted by Crippen LogP contribution is -2.28. The lowest BCUT2D eigenvalue weighted by molar-refractivity contribution is 0.0474. The maximum absolute atomic E-state index is 12.8. The summed E-state index contributed by atoms with van der Waals surface area (Å²) < 4.78 is 32.6. The van der Waals surface area contributed by atoms with Crippen LogP contribution in [0.1, 0.15) is 28.8 Å². The second kappa shape index (κ2) is 8.14.